The molecule has 3 heteroatoms. The Bertz CT molecular complexity index is 41.4. The van der Waals surface area contributed by atoms with Crippen LogP contribution in [-0.2, 0) is 0 Å². The van der Waals surface area contributed by atoms with Crippen LogP contribution in [0.2, 0.25) is 0 Å². The predicted molar refractivity (Wildman–Crippen MR) is 28.9 cm³/mol. The van der Waals surface area contributed by atoms with Crippen molar-refractivity contribution in [2.24, 2.45) is 0 Å². The van der Waals surface area contributed by atoms with Crippen LogP contribution in [0, 0.1) is 0 Å². The van der Waals surface area contributed by atoms with Crippen molar-refractivity contribution in [1.82, 2.24) is 0 Å². The minimum Gasteiger partial charge on any atom is -0.571 e. The molecule has 0 aliphatic heterocycles. The van der Waals surface area contributed by atoms with Gasteiger partial charge in [0.05, 0.1) is 0 Å². The van der Waals surface area contributed by atoms with Crippen LogP contribution < -0.4 is 29.6 Å². The SMILES string of the molecule is CC(C)(C)[P-]O.[Na+]. The average molecular weight is 128 g/mol. The van der Waals surface area contributed by atoms with Crippen molar-refractivity contribution in [2.75, 3.05) is 0 Å². The third-order valence-electron chi connectivity index (χ3n) is 0.300. The third-order valence-corrected chi connectivity index (χ3v) is 0.900. The van der Waals surface area contributed by atoms with E-state index in [1.165, 1.54) is 0 Å². The van der Waals surface area contributed by atoms with Gasteiger partial charge in [-0.1, -0.05) is 20.8 Å². The first-order valence-electron chi connectivity index (χ1n) is 1.92. The summed E-state index contributed by atoms with van der Waals surface area (Å²) in [6.45, 7) is 5.94. The van der Waals surface area contributed by atoms with Crippen LogP contribution in [0.4, 0.5) is 0 Å². The van der Waals surface area contributed by atoms with Gasteiger partial charge >= 0.3 is 29.6 Å². The Labute approximate surface area is 69.0 Å². The average Bonchev–Trinajstić information content (AvgIpc) is 1.35. The fraction of sp³-hybridized carbons (Fsp3) is 1.00. The van der Waals surface area contributed by atoms with Crippen molar-refractivity contribution in [2.45, 2.75) is 25.9 Å². The van der Waals surface area contributed by atoms with E-state index in [0.29, 0.717) is 8.81 Å². The summed E-state index contributed by atoms with van der Waals surface area (Å²) in [6, 6.07) is 0. The van der Waals surface area contributed by atoms with Gasteiger partial charge < -0.3 is 13.7 Å². The van der Waals surface area contributed by atoms with E-state index in [2.05, 4.69) is 0 Å². The molecule has 0 spiro atoms. The quantitative estimate of drug-likeness (QED) is 0.315. The zero-order valence-corrected chi connectivity index (χ0v) is 8.29. The first-order chi connectivity index (χ1) is 2.56. The van der Waals surface area contributed by atoms with Gasteiger partial charge in [-0.05, 0) is 0 Å². The van der Waals surface area contributed by atoms with E-state index in [1.54, 1.807) is 0 Å². The fourth-order valence-electron chi connectivity index (χ4n) is 0. The Balaban J connectivity index is 0. The Morgan fingerprint density at radius 1 is 1.29 bits per heavy atom. The molecule has 1 nitrogen and oxygen atoms in total. The molecule has 0 aliphatic carbocycles. The van der Waals surface area contributed by atoms with Gasteiger partial charge in [-0.2, -0.15) is 0 Å². The number of hydrogen-bond donors (Lipinski definition) is 1. The molecule has 0 atom stereocenters. The van der Waals surface area contributed by atoms with E-state index in [0.717, 1.165) is 0 Å². The maximum Gasteiger partial charge on any atom is 1.00 e. The summed E-state index contributed by atoms with van der Waals surface area (Å²) in [7, 11) is 0.475. The summed E-state index contributed by atoms with van der Waals surface area (Å²) in [5.41, 5.74) is 0. The van der Waals surface area contributed by atoms with Crippen LogP contribution in [0.3, 0.4) is 0 Å². The Kier molecular flexibility index (Phi) is 6.87. The van der Waals surface area contributed by atoms with Crippen LogP contribution in [0.25, 0.3) is 0 Å². The molecule has 0 saturated carbocycles. The molecule has 0 bridgehead atoms. The summed E-state index contributed by atoms with van der Waals surface area (Å²) >= 11 is 0. The smallest absolute Gasteiger partial charge is 0.571 e. The maximum atomic E-state index is 8.38. The van der Waals surface area contributed by atoms with E-state index in [1.807, 2.05) is 20.8 Å². The molecule has 0 unspecified atom stereocenters. The Morgan fingerprint density at radius 2 is 1.43 bits per heavy atom. The van der Waals surface area contributed by atoms with Crippen molar-refractivity contribution in [3.8, 4) is 0 Å². The molecule has 0 rings (SSSR count). The molecule has 0 fully saturated rings. The van der Waals surface area contributed by atoms with Gasteiger partial charge in [0.15, 0.2) is 0 Å². The predicted octanol–water partition coefficient (Wildman–Crippen LogP) is -1.36. The zero-order valence-electron chi connectivity index (χ0n) is 5.39. The van der Waals surface area contributed by atoms with E-state index < -0.39 is 0 Å². The summed E-state index contributed by atoms with van der Waals surface area (Å²) in [4.78, 5) is 8.38. The molecule has 1 N–H and O–H groups in total. The number of rotatable bonds is 0. The molecular formula is C4H10NaOP. The van der Waals surface area contributed by atoms with Crippen molar-refractivity contribution < 1.29 is 34.5 Å². The molecular weight excluding hydrogens is 118 g/mol. The fourth-order valence-corrected chi connectivity index (χ4v) is 0. The summed E-state index contributed by atoms with van der Waals surface area (Å²) in [5.74, 6) is 0. The second-order valence-electron chi connectivity index (χ2n) is 2.27. The molecule has 0 aromatic heterocycles. The molecule has 38 valence electrons. The summed E-state index contributed by atoms with van der Waals surface area (Å²) in [6.07, 6.45) is 0. The molecule has 0 amide bonds. The first kappa shape index (κ1) is 11.2. The van der Waals surface area contributed by atoms with E-state index in [9.17, 15) is 0 Å². The number of hydrogen-bond acceptors (Lipinski definition) is 1. The second-order valence-corrected chi connectivity index (χ2v) is 3.81. The standard InChI is InChI=1S/C4H10OP.Na/c1-4(2,3)6-5;/h5H,1-3H3;/q-1;+1. The monoisotopic (exact) mass is 128 g/mol. The zero-order chi connectivity index (χ0) is 5.21. The first-order valence-corrected chi connectivity index (χ1v) is 2.77. The minimum atomic E-state index is 0. The molecule has 7 heavy (non-hydrogen) atoms. The molecule has 0 aliphatic rings. The Hall–Kier alpha value is 1.39. The van der Waals surface area contributed by atoms with E-state index >= 15 is 0 Å². The van der Waals surface area contributed by atoms with Crippen molar-refractivity contribution >= 4 is 8.81 Å². The van der Waals surface area contributed by atoms with Crippen molar-refractivity contribution in [3.63, 3.8) is 0 Å². The van der Waals surface area contributed by atoms with Gasteiger partial charge in [-0.3, -0.25) is 0 Å². The molecule has 0 aromatic rings. The van der Waals surface area contributed by atoms with Gasteiger partial charge in [-0.25, -0.2) is 0 Å². The van der Waals surface area contributed by atoms with Gasteiger partial charge in [0.2, 0.25) is 0 Å². The molecule has 0 saturated heterocycles. The topological polar surface area (TPSA) is 20.2 Å². The Morgan fingerprint density at radius 3 is 1.43 bits per heavy atom. The van der Waals surface area contributed by atoms with E-state index in [4.69, 9.17) is 4.89 Å². The normalized spacial score (nSPS) is 12.0. The van der Waals surface area contributed by atoms with E-state index in [-0.39, 0.29) is 34.7 Å². The van der Waals surface area contributed by atoms with Crippen LogP contribution in [0.5, 0.6) is 0 Å². The largest absolute Gasteiger partial charge is 1.00 e. The molecule has 0 heterocycles. The van der Waals surface area contributed by atoms with Crippen LogP contribution in [0.15, 0.2) is 0 Å². The summed E-state index contributed by atoms with van der Waals surface area (Å²) in [5, 5.41) is 0.0694. The third kappa shape index (κ3) is 11.1. The molecule has 0 aromatic carbocycles. The summed E-state index contributed by atoms with van der Waals surface area (Å²) < 4.78 is 0. The minimum absolute atomic E-state index is 0. The van der Waals surface area contributed by atoms with Crippen molar-refractivity contribution in [1.29, 1.82) is 0 Å². The van der Waals surface area contributed by atoms with Gasteiger partial charge in [0.1, 0.15) is 0 Å². The maximum absolute atomic E-state index is 8.38. The van der Waals surface area contributed by atoms with Crippen LogP contribution in [0.1, 0.15) is 20.8 Å². The van der Waals surface area contributed by atoms with Gasteiger partial charge in [0.25, 0.3) is 0 Å². The van der Waals surface area contributed by atoms with Crippen molar-refractivity contribution in [3.05, 3.63) is 0 Å². The molecule has 0 radical (unpaired) electrons. The van der Waals surface area contributed by atoms with Gasteiger partial charge in [0, 0.05) is 0 Å². The van der Waals surface area contributed by atoms with Gasteiger partial charge in [-0.15, -0.1) is 5.16 Å². The van der Waals surface area contributed by atoms with Crippen LogP contribution >= 0.6 is 8.81 Å². The second kappa shape index (κ2) is 4.29. The van der Waals surface area contributed by atoms with Crippen LogP contribution in [-0.4, -0.2) is 10.0 Å².